The molecule has 0 radical (unpaired) electrons. The van der Waals surface area contributed by atoms with Gasteiger partial charge in [0.2, 0.25) is 0 Å². The first-order chi connectivity index (χ1) is 9.00. The normalized spacial score (nSPS) is 21.2. The van der Waals surface area contributed by atoms with Gasteiger partial charge in [-0.05, 0) is 38.3 Å². The third kappa shape index (κ3) is 2.81. The van der Waals surface area contributed by atoms with Crippen LogP contribution in [0.15, 0.2) is 18.2 Å². The Labute approximate surface area is 112 Å². The average Bonchev–Trinajstić information content (AvgIpc) is 2.38. The Morgan fingerprint density at radius 1 is 1.42 bits per heavy atom. The molecule has 2 rings (SSSR count). The Morgan fingerprint density at radius 3 is 2.79 bits per heavy atom. The topological polar surface area (TPSA) is 86.8 Å². The summed E-state index contributed by atoms with van der Waals surface area (Å²) >= 11 is 0. The number of piperidine rings is 1. The maximum atomic E-state index is 12.5. The summed E-state index contributed by atoms with van der Waals surface area (Å²) in [7, 11) is 0. The van der Waals surface area contributed by atoms with Gasteiger partial charge in [-0.1, -0.05) is 0 Å². The minimum atomic E-state index is -0.223. The molecule has 1 fully saturated rings. The lowest BCUT2D eigenvalue weighted by atomic mass is 9.96. The van der Waals surface area contributed by atoms with E-state index in [-0.39, 0.29) is 35.1 Å². The fraction of sp³-hybridized carbons (Fsp3) is 0.500. The molecule has 2 atom stereocenters. The number of amides is 1. The van der Waals surface area contributed by atoms with Crippen LogP contribution in [0.1, 0.15) is 36.5 Å². The molecule has 1 amide bonds. The molecule has 1 heterocycles. The molecule has 0 aromatic heterocycles. The van der Waals surface area contributed by atoms with Gasteiger partial charge in [0.05, 0.1) is 5.56 Å². The maximum absolute atomic E-state index is 12.5. The van der Waals surface area contributed by atoms with Crippen molar-refractivity contribution in [3.8, 4) is 11.5 Å². The summed E-state index contributed by atoms with van der Waals surface area (Å²) in [4.78, 5) is 14.2. The molecule has 2 unspecified atom stereocenters. The van der Waals surface area contributed by atoms with Crippen molar-refractivity contribution < 1.29 is 15.0 Å². The predicted molar refractivity (Wildman–Crippen MR) is 72.1 cm³/mol. The number of hydrogen-bond donors (Lipinski definition) is 3. The lowest BCUT2D eigenvalue weighted by Gasteiger charge is -2.38. The SMILES string of the molecule is CC(N)C1CCCCN1C(=O)c1ccc(O)cc1O. The van der Waals surface area contributed by atoms with Gasteiger partial charge >= 0.3 is 0 Å². The van der Waals surface area contributed by atoms with Crippen LogP contribution in [0.25, 0.3) is 0 Å². The molecule has 1 aliphatic heterocycles. The van der Waals surface area contributed by atoms with Crippen molar-refractivity contribution in [1.29, 1.82) is 0 Å². The van der Waals surface area contributed by atoms with E-state index in [1.54, 1.807) is 4.90 Å². The van der Waals surface area contributed by atoms with Gasteiger partial charge in [-0.3, -0.25) is 4.79 Å². The molecule has 5 nitrogen and oxygen atoms in total. The van der Waals surface area contributed by atoms with Gasteiger partial charge < -0.3 is 20.8 Å². The predicted octanol–water partition coefficient (Wildman–Crippen LogP) is 1.44. The number of nitrogens with two attached hydrogens (primary N) is 1. The number of carbonyl (C=O) groups is 1. The number of phenolic OH excluding ortho intramolecular Hbond substituents is 2. The fourth-order valence-corrected chi connectivity index (χ4v) is 2.61. The summed E-state index contributed by atoms with van der Waals surface area (Å²) in [6.45, 7) is 2.55. The van der Waals surface area contributed by atoms with E-state index >= 15 is 0 Å². The number of likely N-dealkylation sites (tertiary alicyclic amines) is 1. The highest BCUT2D eigenvalue weighted by molar-refractivity contribution is 5.97. The summed E-state index contributed by atoms with van der Waals surface area (Å²) in [6, 6.07) is 3.94. The van der Waals surface area contributed by atoms with Gasteiger partial charge in [0.25, 0.3) is 5.91 Å². The molecule has 1 aliphatic rings. The molecule has 4 N–H and O–H groups in total. The number of phenols is 2. The van der Waals surface area contributed by atoms with Gasteiger partial charge in [0.15, 0.2) is 0 Å². The molecule has 19 heavy (non-hydrogen) atoms. The van der Waals surface area contributed by atoms with Gasteiger partial charge in [-0.15, -0.1) is 0 Å². The van der Waals surface area contributed by atoms with Crippen molar-refractivity contribution >= 4 is 5.91 Å². The molecule has 104 valence electrons. The Kier molecular flexibility index (Phi) is 3.95. The van der Waals surface area contributed by atoms with E-state index in [2.05, 4.69) is 0 Å². The number of aromatic hydroxyl groups is 2. The number of benzene rings is 1. The van der Waals surface area contributed by atoms with E-state index in [1.165, 1.54) is 18.2 Å². The first-order valence-electron chi connectivity index (χ1n) is 6.59. The molecule has 1 saturated heterocycles. The van der Waals surface area contributed by atoms with Crippen LogP contribution in [0, 0.1) is 0 Å². The van der Waals surface area contributed by atoms with Crippen molar-refractivity contribution in [3.63, 3.8) is 0 Å². The summed E-state index contributed by atoms with van der Waals surface area (Å²) < 4.78 is 0. The highest BCUT2D eigenvalue weighted by atomic mass is 16.3. The van der Waals surface area contributed by atoms with Crippen molar-refractivity contribution in [2.75, 3.05) is 6.54 Å². The Balaban J connectivity index is 2.26. The van der Waals surface area contributed by atoms with Gasteiger partial charge in [0.1, 0.15) is 11.5 Å². The summed E-state index contributed by atoms with van der Waals surface area (Å²) in [5.74, 6) is -0.477. The molecule has 0 bridgehead atoms. The molecule has 5 heteroatoms. The molecular formula is C14H20N2O3. The van der Waals surface area contributed by atoms with E-state index in [0.29, 0.717) is 6.54 Å². The summed E-state index contributed by atoms with van der Waals surface area (Å²) in [6.07, 6.45) is 2.91. The minimum absolute atomic E-state index is 0.00875. The van der Waals surface area contributed by atoms with Gasteiger partial charge in [-0.2, -0.15) is 0 Å². The second kappa shape index (κ2) is 5.48. The smallest absolute Gasteiger partial charge is 0.257 e. The fourth-order valence-electron chi connectivity index (χ4n) is 2.61. The lowest BCUT2D eigenvalue weighted by molar-refractivity contribution is 0.0581. The third-order valence-electron chi connectivity index (χ3n) is 3.63. The zero-order chi connectivity index (χ0) is 14.0. The van der Waals surface area contributed by atoms with E-state index in [4.69, 9.17) is 5.73 Å². The van der Waals surface area contributed by atoms with Crippen molar-refractivity contribution in [1.82, 2.24) is 4.90 Å². The number of rotatable bonds is 2. The van der Waals surface area contributed by atoms with Crippen LogP contribution < -0.4 is 5.73 Å². The zero-order valence-electron chi connectivity index (χ0n) is 11.0. The Bertz CT molecular complexity index is 474. The van der Waals surface area contributed by atoms with Crippen LogP contribution in [0.2, 0.25) is 0 Å². The van der Waals surface area contributed by atoms with Crippen LogP contribution in [-0.2, 0) is 0 Å². The van der Waals surface area contributed by atoms with Crippen LogP contribution >= 0.6 is 0 Å². The standard InChI is InChI=1S/C14H20N2O3/c1-9(15)12-4-2-3-7-16(12)14(19)11-6-5-10(17)8-13(11)18/h5-6,8-9,12,17-18H,2-4,7,15H2,1H3. The average molecular weight is 264 g/mol. The van der Waals surface area contributed by atoms with E-state index < -0.39 is 0 Å². The largest absolute Gasteiger partial charge is 0.508 e. The quantitative estimate of drug-likeness (QED) is 0.754. The number of nitrogens with zero attached hydrogens (tertiary/aromatic N) is 1. The lowest BCUT2D eigenvalue weighted by Crippen LogP contribution is -2.51. The first kappa shape index (κ1) is 13.7. The Morgan fingerprint density at radius 2 is 2.16 bits per heavy atom. The van der Waals surface area contributed by atoms with Gasteiger partial charge in [-0.25, -0.2) is 0 Å². The highest BCUT2D eigenvalue weighted by Crippen LogP contribution is 2.27. The minimum Gasteiger partial charge on any atom is -0.508 e. The number of hydrogen-bond acceptors (Lipinski definition) is 4. The summed E-state index contributed by atoms with van der Waals surface area (Å²) in [5.41, 5.74) is 6.15. The molecule has 0 spiro atoms. The van der Waals surface area contributed by atoms with E-state index in [1.807, 2.05) is 6.92 Å². The maximum Gasteiger partial charge on any atom is 0.257 e. The van der Waals surface area contributed by atoms with Gasteiger partial charge in [0, 0.05) is 24.7 Å². The second-order valence-corrected chi connectivity index (χ2v) is 5.12. The number of carbonyl (C=O) groups excluding carboxylic acids is 1. The van der Waals surface area contributed by atoms with Crippen LogP contribution in [-0.4, -0.2) is 39.6 Å². The molecule has 0 aliphatic carbocycles. The van der Waals surface area contributed by atoms with Crippen molar-refractivity contribution in [2.24, 2.45) is 5.73 Å². The first-order valence-corrected chi connectivity index (χ1v) is 6.59. The third-order valence-corrected chi connectivity index (χ3v) is 3.63. The second-order valence-electron chi connectivity index (χ2n) is 5.12. The molecular weight excluding hydrogens is 244 g/mol. The Hall–Kier alpha value is -1.75. The molecule has 1 aromatic rings. The molecule has 1 aromatic carbocycles. The zero-order valence-corrected chi connectivity index (χ0v) is 11.0. The van der Waals surface area contributed by atoms with Crippen LogP contribution in [0.4, 0.5) is 0 Å². The van der Waals surface area contributed by atoms with E-state index in [0.717, 1.165) is 19.3 Å². The van der Waals surface area contributed by atoms with Crippen molar-refractivity contribution in [2.45, 2.75) is 38.3 Å². The highest BCUT2D eigenvalue weighted by Gasteiger charge is 2.30. The van der Waals surface area contributed by atoms with Crippen LogP contribution in [0.5, 0.6) is 11.5 Å². The van der Waals surface area contributed by atoms with Crippen LogP contribution in [0.3, 0.4) is 0 Å². The monoisotopic (exact) mass is 264 g/mol. The van der Waals surface area contributed by atoms with Crippen molar-refractivity contribution in [3.05, 3.63) is 23.8 Å². The summed E-state index contributed by atoms with van der Waals surface area (Å²) in [5, 5.41) is 19.0. The van der Waals surface area contributed by atoms with E-state index in [9.17, 15) is 15.0 Å². The molecule has 0 saturated carbocycles.